The van der Waals surface area contributed by atoms with Gasteiger partial charge in [-0.2, -0.15) is 0 Å². The first-order valence-corrected chi connectivity index (χ1v) is 6.26. The molecule has 0 spiro atoms. The average Bonchev–Trinajstić information content (AvgIpc) is 2.70. The molecule has 18 heavy (non-hydrogen) atoms. The lowest BCUT2D eigenvalue weighted by molar-refractivity contribution is -0.122. The van der Waals surface area contributed by atoms with Crippen molar-refractivity contribution in [3.8, 4) is 5.75 Å². The maximum absolute atomic E-state index is 11.8. The smallest absolute Gasteiger partial charge is 0.220 e. The highest BCUT2D eigenvalue weighted by molar-refractivity contribution is 5.76. The van der Waals surface area contributed by atoms with Crippen LogP contribution in [0.1, 0.15) is 38.3 Å². The highest BCUT2D eigenvalue weighted by Gasteiger charge is 2.25. The van der Waals surface area contributed by atoms with Crippen molar-refractivity contribution in [2.45, 2.75) is 38.3 Å². The fraction of sp³-hybridized carbons (Fsp3) is 0.500. The normalized spacial score (nSPS) is 18.1. The highest BCUT2D eigenvalue weighted by atomic mass is 16.5. The quantitative estimate of drug-likeness (QED) is 0.853. The Hall–Kier alpha value is -1.55. The number of rotatable bonds is 4. The molecule has 0 radical (unpaired) electrons. The Morgan fingerprint density at radius 1 is 1.50 bits per heavy atom. The van der Waals surface area contributed by atoms with Crippen LogP contribution in [0.4, 0.5) is 0 Å². The van der Waals surface area contributed by atoms with Gasteiger partial charge < -0.3 is 15.8 Å². The molecule has 1 amide bonds. The molecule has 98 valence electrons. The van der Waals surface area contributed by atoms with Crippen LogP contribution in [0.5, 0.6) is 5.75 Å². The van der Waals surface area contributed by atoms with Gasteiger partial charge in [-0.3, -0.25) is 4.79 Å². The van der Waals surface area contributed by atoms with E-state index in [9.17, 15) is 4.79 Å². The van der Waals surface area contributed by atoms with Gasteiger partial charge in [-0.1, -0.05) is 18.2 Å². The lowest BCUT2D eigenvalue weighted by atomic mass is 9.99. The summed E-state index contributed by atoms with van der Waals surface area (Å²) in [6, 6.07) is 7.76. The monoisotopic (exact) mass is 248 g/mol. The fourth-order valence-corrected chi connectivity index (χ4v) is 1.98. The first-order chi connectivity index (χ1) is 8.46. The Morgan fingerprint density at radius 2 is 2.22 bits per heavy atom. The minimum absolute atomic E-state index is 0.0267. The summed E-state index contributed by atoms with van der Waals surface area (Å²) in [5, 5.41) is 2.99. The molecule has 1 heterocycles. The van der Waals surface area contributed by atoms with E-state index < -0.39 is 0 Å². The molecule has 1 aromatic carbocycles. The number of carbonyl (C=O) groups is 1. The molecule has 0 saturated heterocycles. The van der Waals surface area contributed by atoms with Crippen molar-refractivity contribution in [1.29, 1.82) is 0 Å². The van der Waals surface area contributed by atoms with Crippen LogP contribution in [-0.4, -0.2) is 18.1 Å². The summed E-state index contributed by atoms with van der Waals surface area (Å²) in [5.74, 6) is 0.890. The second-order valence-corrected chi connectivity index (χ2v) is 5.46. The van der Waals surface area contributed by atoms with Gasteiger partial charge in [0.15, 0.2) is 0 Å². The predicted molar refractivity (Wildman–Crippen MR) is 70.3 cm³/mol. The Balaban J connectivity index is 1.90. The minimum Gasteiger partial charge on any atom is -0.491 e. The highest BCUT2D eigenvalue weighted by Crippen LogP contribution is 2.31. The molecule has 1 aliphatic heterocycles. The van der Waals surface area contributed by atoms with Crippen molar-refractivity contribution in [3.05, 3.63) is 29.8 Å². The van der Waals surface area contributed by atoms with Gasteiger partial charge >= 0.3 is 0 Å². The van der Waals surface area contributed by atoms with Crippen LogP contribution in [0.2, 0.25) is 0 Å². The molecule has 0 bridgehead atoms. The average molecular weight is 248 g/mol. The van der Waals surface area contributed by atoms with Gasteiger partial charge in [0.2, 0.25) is 5.91 Å². The Labute approximate surface area is 108 Å². The van der Waals surface area contributed by atoms with E-state index in [4.69, 9.17) is 10.5 Å². The predicted octanol–water partition coefficient (Wildman–Crippen LogP) is 1.75. The summed E-state index contributed by atoms with van der Waals surface area (Å²) < 4.78 is 5.52. The first kappa shape index (κ1) is 12.9. The second kappa shape index (κ2) is 4.98. The molecule has 1 aliphatic rings. The molecule has 0 aromatic heterocycles. The molecular formula is C14H20N2O2. The van der Waals surface area contributed by atoms with Crippen molar-refractivity contribution in [2.24, 2.45) is 5.73 Å². The van der Waals surface area contributed by atoms with Crippen LogP contribution in [0.3, 0.4) is 0 Å². The summed E-state index contributed by atoms with van der Waals surface area (Å²) >= 11 is 0. The van der Waals surface area contributed by atoms with Gasteiger partial charge in [-0.05, 0) is 26.3 Å². The van der Waals surface area contributed by atoms with Crippen LogP contribution in [0.25, 0.3) is 0 Å². The Bertz CT molecular complexity index is 438. The van der Waals surface area contributed by atoms with E-state index in [1.54, 1.807) is 0 Å². The molecule has 4 nitrogen and oxygen atoms in total. The minimum atomic E-state index is -0.304. The summed E-state index contributed by atoms with van der Waals surface area (Å²) in [6.07, 6.45) is 1.12. The summed E-state index contributed by atoms with van der Waals surface area (Å²) in [5.41, 5.74) is 6.61. The molecule has 0 aliphatic carbocycles. The van der Waals surface area contributed by atoms with Crippen molar-refractivity contribution < 1.29 is 9.53 Å². The number of hydrogen-bond acceptors (Lipinski definition) is 3. The van der Waals surface area contributed by atoms with Crippen LogP contribution in [-0.2, 0) is 4.79 Å². The number of amides is 1. The molecule has 1 aromatic rings. The van der Waals surface area contributed by atoms with Gasteiger partial charge in [0.05, 0.1) is 6.04 Å². The van der Waals surface area contributed by atoms with Crippen LogP contribution >= 0.6 is 0 Å². The van der Waals surface area contributed by atoms with E-state index in [-0.39, 0.29) is 17.5 Å². The van der Waals surface area contributed by atoms with Gasteiger partial charge in [-0.25, -0.2) is 0 Å². The summed E-state index contributed by atoms with van der Waals surface area (Å²) in [7, 11) is 0. The molecule has 0 fully saturated rings. The third-order valence-corrected chi connectivity index (χ3v) is 3.03. The second-order valence-electron chi connectivity index (χ2n) is 5.46. The molecule has 0 saturated carbocycles. The molecule has 3 N–H and O–H groups in total. The first-order valence-electron chi connectivity index (χ1n) is 6.26. The molecule has 2 rings (SSSR count). The van der Waals surface area contributed by atoms with Gasteiger partial charge in [0, 0.05) is 17.5 Å². The Kier molecular flexibility index (Phi) is 3.57. The number of nitrogens with one attached hydrogen (secondary N) is 1. The number of para-hydroxylation sites is 1. The zero-order valence-corrected chi connectivity index (χ0v) is 10.9. The SMILES string of the molecule is CC(C)(N)CCC(=O)NC1COc2ccccc21. The van der Waals surface area contributed by atoms with Crippen LogP contribution in [0.15, 0.2) is 24.3 Å². The van der Waals surface area contributed by atoms with E-state index in [0.717, 1.165) is 11.3 Å². The van der Waals surface area contributed by atoms with Crippen molar-refractivity contribution in [3.63, 3.8) is 0 Å². The van der Waals surface area contributed by atoms with Crippen LogP contribution < -0.4 is 15.8 Å². The Morgan fingerprint density at radius 3 is 2.94 bits per heavy atom. The summed E-state index contributed by atoms with van der Waals surface area (Å²) in [4.78, 5) is 11.8. The number of benzene rings is 1. The van der Waals surface area contributed by atoms with Crippen LogP contribution in [0, 0.1) is 0 Å². The zero-order chi connectivity index (χ0) is 13.2. The molecule has 1 atom stereocenters. The van der Waals surface area contributed by atoms with Gasteiger partial charge in [-0.15, -0.1) is 0 Å². The standard InChI is InChI=1S/C14H20N2O2/c1-14(2,15)8-7-13(17)16-11-9-18-12-6-4-3-5-10(11)12/h3-6,11H,7-9,15H2,1-2H3,(H,16,17). The van der Waals surface area contributed by atoms with E-state index in [1.807, 2.05) is 38.1 Å². The number of fused-ring (bicyclic) bond motifs is 1. The third-order valence-electron chi connectivity index (χ3n) is 3.03. The molecule has 4 heteroatoms. The largest absolute Gasteiger partial charge is 0.491 e. The van der Waals surface area contributed by atoms with E-state index in [2.05, 4.69) is 5.32 Å². The lowest BCUT2D eigenvalue weighted by Crippen LogP contribution is -2.35. The number of nitrogens with two attached hydrogens (primary N) is 1. The maximum Gasteiger partial charge on any atom is 0.220 e. The number of carbonyl (C=O) groups excluding carboxylic acids is 1. The van der Waals surface area contributed by atoms with Gasteiger partial charge in [0.25, 0.3) is 0 Å². The van der Waals surface area contributed by atoms with Crippen molar-refractivity contribution in [2.75, 3.05) is 6.61 Å². The maximum atomic E-state index is 11.8. The number of hydrogen-bond donors (Lipinski definition) is 2. The lowest BCUT2D eigenvalue weighted by Gasteiger charge is -2.18. The molecular weight excluding hydrogens is 228 g/mol. The molecule has 1 unspecified atom stereocenters. The van der Waals surface area contributed by atoms with Crippen molar-refractivity contribution in [1.82, 2.24) is 5.32 Å². The number of ether oxygens (including phenoxy) is 1. The van der Waals surface area contributed by atoms with Crippen molar-refractivity contribution >= 4 is 5.91 Å². The van der Waals surface area contributed by atoms with E-state index in [0.29, 0.717) is 19.4 Å². The summed E-state index contributed by atoms with van der Waals surface area (Å²) in [6.45, 7) is 4.36. The van der Waals surface area contributed by atoms with E-state index >= 15 is 0 Å². The third kappa shape index (κ3) is 3.23. The van der Waals surface area contributed by atoms with E-state index in [1.165, 1.54) is 0 Å². The topological polar surface area (TPSA) is 64.4 Å². The fourth-order valence-electron chi connectivity index (χ4n) is 1.98. The van der Waals surface area contributed by atoms with Gasteiger partial charge in [0.1, 0.15) is 12.4 Å². The zero-order valence-electron chi connectivity index (χ0n) is 10.9.